The number of rotatable bonds is 13. The van der Waals surface area contributed by atoms with E-state index in [1.54, 1.807) is 52.0 Å². The minimum absolute atomic E-state index is 0.199. The monoisotopic (exact) mass is 574 g/mol. The second kappa shape index (κ2) is 14.0. The number of nitrogens with zero attached hydrogens (tertiary/aromatic N) is 1. The lowest BCUT2D eigenvalue weighted by atomic mass is 9.80. The number of amides is 2. The maximum Gasteiger partial charge on any atom is 0.336 e. The summed E-state index contributed by atoms with van der Waals surface area (Å²) in [5.41, 5.74) is 3.51. The standard InChI is InChI=1S/C33H38N2O7/c1-5-40-32(38)27-21(3)34-22(4)28(33(39)41-6-2)29(27)25-17-11-12-18-26(25)42-20-14-8-7-13-19-35-30(36)23-15-9-10-16-24(23)31(35)37/h9-12,15-18,29,34H,5-8,13-14,19-20H2,1-4H3. The molecule has 2 aromatic carbocycles. The van der Waals surface area contributed by atoms with Gasteiger partial charge in [0.2, 0.25) is 0 Å². The third-order valence-electron chi connectivity index (χ3n) is 7.39. The summed E-state index contributed by atoms with van der Waals surface area (Å²) < 4.78 is 17.0. The second-order valence-electron chi connectivity index (χ2n) is 10.2. The molecule has 0 radical (unpaired) electrons. The number of benzene rings is 2. The molecule has 2 aromatic rings. The van der Waals surface area contributed by atoms with Crippen molar-refractivity contribution in [1.82, 2.24) is 10.2 Å². The van der Waals surface area contributed by atoms with E-state index in [9.17, 15) is 19.2 Å². The Hall–Kier alpha value is -4.40. The van der Waals surface area contributed by atoms with E-state index in [0.29, 0.717) is 64.6 Å². The minimum Gasteiger partial charge on any atom is -0.493 e. The molecule has 0 unspecified atom stereocenters. The SMILES string of the molecule is CCOC(=O)C1=C(C)NC(C)=C(C(=O)OCC)C1c1ccccc1OCCCCCCN1C(=O)c2ccccc2C1=O. The van der Waals surface area contributed by atoms with E-state index in [1.807, 2.05) is 24.3 Å². The number of allylic oxidation sites excluding steroid dienone is 2. The van der Waals surface area contributed by atoms with E-state index in [4.69, 9.17) is 14.2 Å². The quantitative estimate of drug-likeness (QED) is 0.195. The Morgan fingerprint density at radius 2 is 1.29 bits per heavy atom. The van der Waals surface area contributed by atoms with Crippen LogP contribution in [-0.2, 0) is 19.1 Å². The molecule has 42 heavy (non-hydrogen) atoms. The molecule has 0 atom stereocenters. The average Bonchev–Trinajstić information content (AvgIpc) is 3.21. The molecule has 0 saturated carbocycles. The van der Waals surface area contributed by atoms with Gasteiger partial charge < -0.3 is 19.5 Å². The van der Waals surface area contributed by atoms with Crippen LogP contribution in [0.1, 0.15) is 85.6 Å². The van der Waals surface area contributed by atoms with E-state index >= 15 is 0 Å². The lowest BCUT2D eigenvalue weighted by Gasteiger charge is -2.31. The number of nitrogens with one attached hydrogen (secondary N) is 1. The van der Waals surface area contributed by atoms with E-state index < -0.39 is 17.9 Å². The van der Waals surface area contributed by atoms with Gasteiger partial charge in [0, 0.05) is 23.5 Å². The number of esters is 2. The van der Waals surface area contributed by atoms with Gasteiger partial charge in [-0.25, -0.2) is 9.59 Å². The van der Waals surface area contributed by atoms with Crippen molar-refractivity contribution in [1.29, 1.82) is 0 Å². The van der Waals surface area contributed by atoms with E-state index in [2.05, 4.69) is 5.32 Å². The fourth-order valence-electron chi connectivity index (χ4n) is 5.46. The lowest BCUT2D eigenvalue weighted by Crippen LogP contribution is -2.32. The molecule has 9 nitrogen and oxygen atoms in total. The highest BCUT2D eigenvalue weighted by Crippen LogP contribution is 2.42. The van der Waals surface area contributed by atoms with Gasteiger partial charge >= 0.3 is 11.9 Å². The molecule has 4 rings (SSSR count). The zero-order valence-corrected chi connectivity index (χ0v) is 24.7. The normalized spacial score (nSPS) is 15.1. The highest BCUT2D eigenvalue weighted by Gasteiger charge is 2.39. The number of ether oxygens (including phenoxy) is 3. The molecule has 9 heteroatoms. The summed E-state index contributed by atoms with van der Waals surface area (Å²) in [5.74, 6) is -1.62. The Labute approximate surface area is 246 Å². The van der Waals surface area contributed by atoms with Crippen molar-refractivity contribution in [3.63, 3.8) is 0 Å². The average molecular weight is 575 g/mol. The highest BCUT2D eigenvalue weighted by molar-refractivity contribution is 6.21. The third-order valence-corrected chi connectivity index (χ3v) is 7.39. The molecular weight excluding hydrogens is 536 g/mol. The van der Waals surface area contributed by atoms with Gasteiger partial charge in [0.05, 0.1) is 48.0 Å². The number of unbranched alkanes of at least 4 members (excludes halogenated alkanes) is 3. The van der Waals surface area contributed by atoms with Gasteiger partial charge in [0.25, 0.3) is 11.8 Å². The first kappa shape index (κ1) is 30.6. The summed E-state index contributed by atoms with van der Waals surface area (Å²) in [4.78, 5) is 52.7. The molecule has 0 fully saturated rings. The smallest absolute Gasteiger partial charge is 0.336 e. The summed E-state index contributed by atoms with van der Waals surface area (Å²) in [6, 6.07) is 14.3. The largest absolute Gasteiger partial charge is 0.493 e. The van der Waals surface area contributed by atoms with Crippen molar-refractivity contribution >= 4 is 23.8 Å². The van der Waals surface area contributed by atoms with Crippen LogP contribution in [0.15, 0.2) is 71.1 Å². The first-order valence-corrected chi connectivity index (χ1v) is 14.5. The fourth-order valence-corrected chi connectivity index (χ4v) is 5.46. The minimum atomic E-state index is -0.722. The predicted octanol–water partition coefficient (Wildman–Crippen LogP) is 5.28. The van der Waals surface area contributed by atoms with E-state index in [-0.39, 0.29) is 25.0 Å². The van der Waals surface area contributed by atoms with E-state index in [0.717, 1.165) is 19.3 Å². The van der Waals surface area contributed by atoms with Crippen LogP contribution >= 0.6 is 0 Å². The second-order valence-corrected chi connectivity index (χ2v) is 10.2. The number of hydrogen-bond acceptors (Lipinski definition) is 8. The molecule has 222 valence electrons. The van der Waals surface area contributed by atoms with Crippen molar-refractivity contribution in [3.8, 4) is 5.75 Å². The molecule has 0 saturated heterocycles. The van der Waals surface area contributed by atoms with Gasteiger partial charge in [-0.05, 0) is 58.7 Å². The van der Waals surface area contributed by atoms with Gasteiger partial charge in [-0.15, -0.1) is 0 Å². The number of imide groups is 1. The Morgan fingerprint density at radius 1 is 0.762 bits per heavy atom. The molecule has 2 aliphatic heterocycles. The summed E-state index contributed by atoms with van der Waals surface area (Å²) in [6.07, 6.45) is 3.13. The molecule has 0 bridgehead atoms. The summed E-state index contributed by atoms with van der Waals surface area (Å²) >= 11 is 0. The van der Waals surface area contributed by atoms with Crippen molar-refractivity contribution in [3.05, 3.63) is 87.8 Å². The lowest BCUT2D eigenvalue weighted by molar-refractivity contribution is -0.139. The fraction of sp³-hybridized carbons (Fsp3) is 0.394. The van der Waals surface area contributed by atoms with Crippen molar-refractivity contribution in [2.75, 3.05) is 26.4 Å². The predicted molar refractivity (Wildman–Crippen MR) is 157 cm³/mol. The summed E-state index contributed by atoms with van der Waals surface area (Å²) in [5, 5.41) is 3.15. The number of carbonyl (C=O) groups is 4. The van der Waals surface area contributed by atoms with Crippen LogP contribution in [0.4, 0.5) is 0 Å². The molecule has 1 N–H and O–H groups in total. The van der Waals surface area contributed by atoms with Gasteiger partial charge in [-0.2, -0.15) is 0 Å². The van der Waals surface area contributed by atoms with Gasteiger partial charge in [0.1, 0.15) is 5.75 Å². The maximum absolute atomic E-state index is 13.1. The number of carbonyl (C=O) groups excluding carboxylic acids is 4. The van der Waals surface area contributed by atoms with Gasteiger partial charge in [-0.1, -0.05) is 43.2 Å². The third kappa shape index (κ3) is 6.40. The molecule has 0 aliphatic carbocycles. The zero-order chi connectivity index (χ0) is 30.2. The molecule has 2 amide bonds. The number of para-hydroxylation sites is 1. The van der Waals surface area contributed by atoms with Crippen LogP contribution in [0.5, 0.6) is 5.75 Å². The van der Waals surface area contributed by atoms with Crippen LogP contribution in [-0.4, -0.2) is 55.0 Å². The van der Waals surface area contributed by atoms with Crippen LogP contribution in [0.3, 0.4) is 0 Å². The molecule has 0 spiro atoms. The maximum atomic E-state index is 13.1. The highest BCUT2D eigenvalue weighted by atomic mass is 16.5. The van der Waals surface area contributed by atoms with Crippen LogP contribution < -0.4 is 10.1 Å². The van der Waals surface area contributed by atoms with Crippen molar-refractivity contribution in [2.45, 2.75) is 59.3 Å². The first-order chi connectivity index (χ1) is 20.3. The number of dihydropyridines is 1. The Kier molecular flexibility index (Phi) is 10.2. The molecule has 2 aliphatic rings. The Bertz CT molecular complexity index is 1350. The topological polar surface area (TPSA) is 111 Å². The number of hydrogen-bond donors (Lipinski definition) is 1. The Balaban J connectivity index is 1.40. The van der Waals surface area contributed by atoms with Crippen molar-refractivity contribution < 1.29 is 33.4 Å². The number of fused-ring (bicyclic) bond motifs is 1. The van der Waals surface area contributed by atoms with Crippen molar-refractivity contribution in [2.24, 2.45) is 0 Å². The van der Waals surface area contributed by atoms with Crippen LogP contribution in [0.2, 0.25) is 0 Å². The summed E-state index contributed by atoms with van der Waals surface area (Å²) in [6.45, 7) is 8.26. The Morgan fingerprint density at radius 3 is 1.86 bits per heavy atom. The van der Waals surface area contributed by atoms with Gasteiger partial charge in [0.15, 0.2) is 0 Å². The first-order valence-electron chi connectivity index (χ1n) is 14.5. The molecule has 2 heterocycles. The van der Waals surface area contributed by atoms with E-state index in [1.165, 1.54) is 4.90 Å². The van der Waals surface area contributed by atoms with Gasteiger partial charge in [-0.3, -0.25) is 14.5 Å². The van der Waals surface area contributed by atoms with Crippen LogP contribution in [0.25, 0.3) is 0 Å². The van der Waals surface area contributed by atoms with Crippen LogP contribution in [0, 0.1) is 0 Å². The molecule has 0 aromatic heterocycles. The zero-order valence-electron chi connectivity index (χ0n) is 24.7. The molecular formula is C33H38N2O7. The summed E-state index contributed by atoms with van der Waals surface area (Å²) in [7, 11) is 0.